The van der Waals surface area contributed by atoms with Crippen LogP contribution in [0.4, 0.5) is 8.78 Å². The molecule has 5 heteroatoms. The van der Waals surface area contributed by atoms with Crippen LogP contribution in [-0.2, 0) is 0 Å². The van der Waals surface area contributed by atoms with Crippen molar-refractivity contribution in [3.05, 3.63) is 75.9 Å². The Labute approximate surface area is 127 Å². The van der Waals surface area contributed by atoms with E-state index in [1.807, 2.05) is 0 Å². The molecule has 1 aromatic heterocycles. The SMILES string of the molecule is O=C(c1c(F)ccc(Br)c1F)c1cccc2cccnc12. The van der Waals surface area contributed by atoms with Crippen molar-refractivity contribution in [3.8, 4) is 0 Å². The molecule has 0 aliphatic heterocycles. The lowest BCUT2D eigenvalue weighted by atomic mass is 9.99. The van der Waals surface area contributed by atoms with Crippen molar-refractivity contribution >= 4 is 32.6 Å². The van der Waals surface area contributed by atoms with Crippen LogP contribution in [0, 0.1) is 11.6 Å². The minimum absolute atomic E-state index is 0.0421. The second-order valence-electron chi connectivity index (χ2n) is 4.43. The molecule has 0 bridgehead atoms. The van der Waals surface area contributed by atoms with Crippen molar-refractivity contribution in [2.24, 2.45) is 0 Å². The summed E-state index contributed by atoms with van der Waals surface area (Å²) in [5.74, 6) is -2.53. The summed E-state index contributed by atoms with van der Waals surface area (Å²) in [6, 6.07) is 10.8. The standard InChI is InChI=1S/C16H8BrF2NO/c17-11-6-7-12(18)13(14(11)19)16(21)10-5-1-3-9-4-2-8-20-15(9)10/h1-8H. The number of para-hydroxylation sites is 1. The van der Waals surface area contributed by atoms with Gasteiger partial charge in [0.25, 0.3) is 0 Å². The zero-order valence-electron chi connectivity index (χ0n) is 10.6. The van der Waals surface area contributed by atoms with Gasteiger partial charge in [0.15, 0.2) is 5.82 Å². The summed E-state index contributed by atoms with van der Waals surface area (Å²) in [5, 5.41) is 0.735. The normalized spacial score (nSPS) is 10.8. The number of aromatic nitrogens is 1. The van der Waals surface area contributed by atoms with Crippen LogP contribution in [0.5, 0.6) is 0 Å². The first-order valence-electron chi connectivity index (χ1n) is 6.11. The fourth-order valence-electron chi connectivity index (χ4n) is 2.16. The van der Waals surface area contributed by atoms with Gasteiger partial charge in [0, 0.05) is 17.1 Å². The Morgan fingerprint density at radius 2 is 1.81 bits per heavy atom. The van der Waals surface area contributed by atoms with Crippen LogP contribution in [0.15, 0.2) is 53.1 Å². The number of fused-ring (bicyclic) bond motifs is 1. The number of nitrogens with zero attached hydrogens (tertiary/aromatic N) is 1. The van der Waals surface area contributed by atoms with Crippen LogP contribution in [0.1, 0.15) is 15.9 Å². The van der Waals surface area contributed by atoms with Gasteiger partial charge in [-0.2, -0.15) is 0 Å². The first-order chi connectivity index (χ1) is 10.1. The molecule has 0 saturated carbocycles. The van der Waals surface area contributed by atoms with Gasteiger partial charge in [-0.25, -0.2) is 8.78 Å². The molecule has 21 heavy (non-hydrogen) atoms. The number of carbonyl (C=O) groups excluding carboxylic acids is 1. The van der Waals surface area contributed by atoms with E-state index in [4.69, 9.17) is 0 Å². The van der Waals surface area contributed by atoms with E-state index in [-0.39, 0.29) is 10.0 Å². The summed E-state index contributed by atoms with van der Waals surface area (Å²) in [6.45, 7) is 0. The van der Waals surface area contributed by atoms with Crippen molar-refractivity contribution in [3.63, 3.8) is 0 Å². The fourth-order valence-corrected chi connectivity index (χ4v) is 2.49. The Morgan fingerprint density at radius 3 is 2.62 bits per heavy atom. The Kier molecular flexibility index (Phi) is 3.51. The first kappa shape index (κ1) is 13.8. The number of rotatable bonds is 2. The molecule has 0 N–H and O–H groups in total. The zero-order valence-corrected chi connectivity index (χ0v) is 12.2. The first-order valence-corrected chi connectivity index (χ1v) is 6.91. The van der Waals surface area contributed by atoms with E-state index >= 15 is 0 Å². The van der Waals surface area contributed by atoms with Gasteiger partial charge < -0.3 is 0 Å². The monoisotopic (exact) mass is 347 g/mol. The maximum atomic E-state index is 14.1. The molecular weight excluding hydrogens is 340 g/mol. The number of hydrogen-bond donors (Lipinski definition) is 0. The van der Waals surface area contributed by atoms with Crippen LogP contribution in [0.3, 0.4) is 0 Å². The predicted octanol–water partition coefficient (Wildman–Crippen LogP) is 4.51. The summed E-state index contributed by atoms with van der Waals surface area (Å²) < 4.78 is 28.0. The van der Waals surface area contributed by atoms with E-state index in [9.17, 15) is 13.6 Å². The van der Waals surface area contributed by atoms with Gasteiger partial charge in [-0.1, -0.05) is 18.2 Å². The van der Waals surface area contributed by atoms with Crippen LogP contribution in [0.2, 0.25) is 0 Å². The number of pyridine rings is 1. The molecule has 2 nitrogen and oxygen atoms in total. The number of carbonyl (C=O) groups is 1. The van der Waals surface area contributed by atoms with Gasteiger partial charge in [0.05, 0.1) is 15.6 Å². The minimum atomic E-state index is -0.909. The van der Waals surface area contributed by atoms with Crippen LogP contribution in [-0.4, -0.2) is 10.8 Å². The highest BCUT2D eigenvalue weighted by molar-refractivity contribution is 9.10. The molecule has 0 unspecified atom stereocenters. The predicted molar refractivity (Wildman–Crippen MR) is 79.2 cm³/mol. The number of benzene rings is 2. The quantitative estimate of drug-likeness (QED) is 0.504. The third kappa shape index (κ3) is 2.34. The average molecular weight is 348 g/mol. The van der Waals surface area contributed by atoms with Crippen molar-refractivity contribution in [2.75, 3.05) is 0 Å². The van der Waals surface area contributed by atoms with Gasteiger partial charge in [-0.15, -0.1) is 0 Å². The number of ketones is 1. The zero-order chi connectivity index (χ0) is 15.0. The largest absolute Gasteiger partial charge is 0.288 e. The molecule has 0 aliphatic rings. The third-order valence-electron chi connectivity index (χ3n) is 3.15. The lowest BCUT2D eigenvalue weighted by molar-refractivity contribution is 0.103. The number of halogens is 3. The molecule has 3 rings (SSSR count). The Bertz CT molecular complexity index is 859. The second-order valence-corrected chi connectivity index (χ2v) is 5.28. The Balaban J connectivity index is 2.25. The second kappa shape index (κ2) is 5.33. The van der Waals surface area contributed by atoms with Crippen LogP contribution >= 0.6 is 15.9 Å². The summed E-state index contributed by atoms with van der Waals surface area (Å²) >= 11 is 2.96. The molecule has 0 radical (unpaired) electrons. The van der Waals surface area contributed by atoms with Gasteiger partial charge in [0.1, 0.15) is 5.82 Å². The van der Waals surface area contributed by atoms with E-state index in [1.54, 1.807) is 24.3 Å². The van der Waals surface area contributed by atoms with E-state index in [0.29, 0.717) is 5.52 Å². The molecule has 0 fully saturated rings. The van der Waals surface area contributed by atoms with Gasteiger partial charge in [-0.05, 0) is 40.2 Å². The number of hydrogen-bond acceptors (Lipinski definition) is 2. The summed E-state index contributed by atoms with van der Waals surface area (Å²) in [4.78, 5) is 16.6. The molecular formula is C16H8BrF2NO. The smallest absolute Gasteiger partial charge is 0.201 e. The minimum Gasteiger partial charge on any atom is -0.288 e. The van der Waals surface area contributed by atoms with E-state index < -0.39 is 23.0 Å². The molecule has 1 heterocycles. The molecule has 104 valence electrons. The topological polar surface area (TPSA) is 30.0 Å². The summed E-state index contributed by atoms with van der Waals surface area (Å²) in [6.07, 6.45) is 1.53. The molecule has 0 saturated heterocycles. The molecule has 0 aliphatic carbocycles. The third-order valence-corrected chi connectivity index (χ3v) is 3.76. The van der Waals surface area contributed by atoms with Crippen LogP contribution < -0.4 is 0 Å². The van der Waals surface area contributed by atoms with E-state index in [2.05, 4.69) is 20.9 Å². The van der Waals surface area contributed by atoms with Gasteiger partial charge in [-0.3, -0.25) is 9.78 Å². The van der Waals surface area contributed by atoms with Gasteiger partial charge in [0.2, 0.25) is 5.78 Å². The van der Waals surface area contributed by atoms with Crippen molar-refractivity contribution < 1.29 is 13.6 Å². The van der Waals surface area contributed by atoms with E-state index in [1.165, 1.54) is 18.3 Å². The maximum Gasteiger partial charge on any atom is 0.201 e. The molecule has 3 aromatic rings. The van der Waals surface area contributed by atoms with Gasteiger partial charge >= 0.3 is 0 Å². The lowest BCUT2D eigenvalue weighted by Crippen LogP contribution is -2.09. The Hall–Kier alpha value is -2.14. The Morgan fingerprint density at radius 1 is 1.05 bits per heavy atom. The van der Waals surface area contributed by atoms with Crippen molar-refractivity contribution in [1.29, 1.82) is 0 Å². The van der Waals surface area contributed by atoms with Crippen LogP contribution in [0.25, 0.3) is 10.9 Å². The van der Waals surface area contributed by atoms with E-state index in [0.717, 1.165) is 11.5 Å². The van der Waals surface area contributed by atoms with Crippen molar-refractivity contribution in [1.82, 2.24) is 4.98 Å². The molecule has 0 spiro atoms. The fraction of sp³-hybridized carbons (Fsp3) is 0. The molecule has 2 aromatic carbocycles. The maximum absolute atomic E-state index is 14.1. The summed E-state index contributed by atoms with van der Waals surface area (Å²) in [5.41, 5.74) is 0.00954. The van der Waals surface area contributed by atoms with Crippen molar-refractivity contribution in [2.45, 2.75) is 0 Å². The average Bonchev–Trinajstić information content (AvgIpc) is 2.50. The lowest BCUT2D eigenvalue weighted by Gasteiger charge is -2.08. The molecule has 0 amide bonds. The summed E-state index contributed by atoms with van der Waals surface area (Å²) in [7, 11) is 0. The highest BCUT2D eigenvalue weighted by Gasteiger charge is 2.22. The highest BCUT2D eigenvalue weighted by atomic mass is 79.9. The molecule has 0 atom stereocenters. The highest BCUT2D eigenvalue weighted by Crippen LogP contribution is 2.26.